The van der Waals surface area contributed by atoms with Gasteiger partial charge in [0.2, 0.25) is 0 Å². The van der Waals surface area contributed by atoms with Gasteiger partial charge >= 0.3 is 0 Å². The van der Waals surface area contributed by atoms with E-state index in [2.05, 4.69) is 18.7 Å². The van der Waals surface area contributed by atoms with Crippen molar-refractivity contribution in [2.45, 2.75) is 45.6 Å². The van der Waals surface area contributed by atoms with Crippen molar-refractivity contribution in [2.24, 2.45) is 11.8 Å². The van der Waals surface area contributed by atoms with Crippen LogP contribution in [0.5, 0.6) is 0 Å². The number of hydrogen-bond donors (Lipinski definition) is 0. The van der Waals surface area contributed by atoms with Crippen LogP contribution in [0.2, 0.25) is 0 Å². The normalized spacial score (nSPS) is 24.6. The highest BCUT2D eigenvalue weighted by atomic mass is 19.1. The summed E-state index contributed by atoms with van der Waals surface area (Å²) in [6.45, 7) is 10.6. The molecule has 0 aliphatic carbocycles. The molecule has 3 nitrogen and oxygen atoms in total. The van der Waals surface area contributed by atoms with E-state index in [4.69, 9.17) is 4.74 Å². The first kappa shape index (κ1) is 16.2. The molecule has 0 aromatic carbocycles. The van der Waals surface area contributed by atoms with Crippen LogP contribution in [0.25, 0.3) is 0 Å². The van der Waals surface area contributed by atoms with Crippen LogP contribution in [0, 0.1) is 11.8 Å². The SMILES string of the molecule is CC(C)CN1CCC(COC2CCN(CF)CC2)CC1. The van der Waals surface area contributed by atoms with Gasteiger partial charge in [-0.25, -0.2) is 4.39 Å². The van der Waals surface area contributed by atoms with Gasteiger partial charge in [0.1, 0.15) is 6.80 Å². The van der Waals surface area contributed by atoms with E-state index in [0.29, 0.717) is 6.10 Å². The third-order valence-electron chi connectivity index (χ3n) is 4.60. The van der Waals surface area contributed by atoms with Crippen molar-refractivity contribution in [3.63, 3.8) is 0 Å². The molecular weight excluding hydrogens is 255 g/mol. The van der Waals surface area contributed by atoms with E-state index in [1.165, 1.54) is 32.5 Å². The third kappa shape index (κ3) is 5.30. The quantitative estimate of drug-likeness (QED) is 0.698. The lowest BCUT2D eigenvalue weighted by Gasteiger charge is -2.34. The van der Waals surface area contributed by atoms with Gasteiger partial charge in [-0.2, -0.15) is 0 Å². The molecule has 0 atom stereocenters. The monoisotopic (exact) mass is 286 g/mol. The number of ether oxygens (including phenoxy) is 1. The van der Waals surface area contributed by atoms with Gasteiger partial charge in [0, 0.05) is 26.2 Å². The van der Waals surface area contributed by atoms with Gasteiger partial charge in [-0.15, -0.1) is 0 Å². The van der Waals surface area contributed by atoms with Crippen molar-refractivity contribution in [1.82, 2.24) is 9.80 Å². The molecule has 0 bridgehead atoms. The first-order valence-corrected chi connectivity index (χ1v) is 8.29. The van der Waals surface area contributed by atoms with Gasteiger partial charge in [0.05, 0.1) is 6.10 Å². The Hall–Kier alpha value is -0.190. The van der Waals surface area contributed by atoms with Crippen LogP contribution in [-0.4, -0.2) is 62.0 Å². The molecule has 118 valence electrons. The smallest absolute Gasteiger partial charge is 0.143 e. The molecule has 2 aliphatic heterocycles. The summed E-state index contributed by atoms with van der Waals surface area (Å²) in [5.74, 6) is 1.50. The topological polar surface area (TPSA) is 15.7 Å². The molecule has 0 unspecified atom stereocenters. The van der Waals surface area contributed by atoms with Gasteiger partial charge in [0.15, 0.2) is 0 Å². The lowest BCUT2D eigenvalue weighted by molar-refractivity contribution is -0.0249. The first-order chi connectivity index (χ1) is 9.67. The fourth-order valence-corrected chi connectivity index (χ4v) is 3.32. The molecule has 2 rings (SSSR count). The second-order valence-corrected chi connectivity index (χ2v) is 6.91. The van der Waals surface area contributed by atoms with Crippen LogP contribution in [0.15, 0.2) is 0 Å². The zero-order valence-corrected chi connectivity index (χ0v) is 13.2. The standard InChI is InChI=1S/C16H31FN2O/c1-14(2)11-18-7-3-15(4-8-18)12-20-16-5-9-19(13-17)10-6-16/h14-16H,3-13H2,1-2H3. The molecule has 0 aromatic rings. The predicted molar refractivity (Wildman–Crippen MR) is 80.5 cm³/mol. The lowest BCUT2D eigenvalue weighted by Crippen LogP contribution is -2.39. The van der Waals surface area contributed by atoms with Gasteiger partial charge in [-0.05, 0) is 50.6 Å². The van der Waals surface area contributed by atoms with E-state index < -0.39 is 0 Å². The number of alkyl halides is 1. The van der Waals surface area contributed by atoms with Crippen LogP contribution in [0.3, 0.4) is 0 Å². The summed E-state index contributed by atoms with van der Waals surface area (Å²) in [4.78, 5) is 4.45. The van der Waals surface area contributed by atoms with E-state index in [9.17, 15) is 4.39 Å². The highest BCUT2D eigenvalue weighted by molar-refractivity contribution is 4.75. The minimum atomic E-state index is -0.305. The van der Waals surface area contributed by atoms with Crippen LogP contribution in [0.4, 0.5) is 4.39 Å². The first-order valence-electron chi connectivity index (χ1n) is 8.29. The zero-order chi connectivity index (χ0) is 14.4. The molecule has 0 spiro atoms. The number of halogens is 1. The van der Waals surface area contributed by atoms with E-state index in [-0.39, 0.29) is 6.80 Å². The molecule has 2 fully saturated rings. The zero-order valence-electron chi connectivity index (χ0n) is 13.2. The fraction of sp³-hybridized carbons (Fsp3) is 1.00. The van der Waals surface area contributed by atoms with Crippen LogP contribution < -0.4 is 0 Å². The Kier molecular flexibility index (Phi) is 6.72. The molecule has 0 N–H and O–H groups in total. The van der Waals surface area contributed by atoms with Crippen LogP contribution in [0.1, 0.15) is 39.5 Å². The Morgan fingerprint density at radius 2 is 1.60 bits per heavy atom. The Balaban J connectivity index is 1.57. The van der Waals surface area contributed by atoms with Crippen LogP contribution in [-0.2, 0) is 4.74 Å². The number of hydrogen-bond acceptors (Lipinski definition) is 3. The molecule has 2 heterocycles. The summed E-state index contributed by atoms with van der Waals surface area (Å²) in [5.41, 5.74) is 0. The average Bonchev–Trinajstić information content (AvgIpc) is 2.46. The van der Waals surface area contributed by atoms with Crippen molar-refractivity contribution < 1.29 is 9.13 Å². The van der Waals surface area contributed by atoms with E-state index in [1.54, 1.807) is 0 Å². The second-order valence-electron chi connectivity index (χ2n) is 6.91. The Morgan fingerprint density at radius 1 is 1.00 bits per heavy atom. The number of rotatable bonds is 6. The van der Waals surface area contributed by atoms with Gasteiger partial charge in [-0.1, -0.05) is 13.8 Å². The van der Waals surface area contributed by atoms with Crippen molar-refractivity contribution in [2.75, 3.05) is 46.1 Å². The van der Waals surface area contributed by atoms with Gasteiger partial charge in [-0.3, -0.25) is 4.90 Å². The lowest BCUT2D eigenvalue weighted by atomic mass is 9.97. The molecule has 0 radical (unpaired) electrons. The predicted octanol–water partition coefficient (Wildman–Crippen LogP) is 2.76. The largest absolute Gasteiger partial charge is 0.378 e. The second kappa shape index (κ2) is 8.30. The Bertz CT molecular complexity index is 259. The van der Waals surface area contributed by atoms with Crippen LogP contribution >= 0.6 is 0 Å². The van der Waals surface area contributed by atoms with Gasteiger partial charge in [0.25, 0.3) is 0 Å². The Morgan fingerprint density at radius 3 is 2.15 bits per heavy atom. The van der Waals surface area contributed by atoms with Crippen molar-refractivity contribution in [1.29, 1.82) is 0 Å². The summed E-state index contributed by atoms with van der Waals surface area (Å²) < 4.78 is 18.6. The molecule has 2 saturated heterocycles. The summed E-state index contributed by atoms with van der Waals surface area (Å²) in [6.07, 6.45) is 4.91. The fourth-order valence-electron chi connectivity index (χ4n) is 3.32. The van der Waals surface area contributed by atoms with E-state index in [1.807, 2.05) is 4.90 Å². The number of likely N-dealkylation sites (tertiary alicyclic amines) is 2. The molecule has 0 amide bonds. The van der Waals surface area contributed by atoms with Crippen molar-refractivity contribution >= 4 is 0 Å². The summed E-state index contributed by atoms with van der Waals surface area (Å²) in [7, 11) is 0. The molecule has 0 aromatic heterocycles. The maximum absolute atomic E-state index is 12.5. The minimum Gasteiger partial charge on any atom is -0.378 e. The molecule has 0 saturated carbocycles. The molecule has 2 aliphatic rings. The van der Waals surface area contributed by atoms with E-state index >= 15 is 0 Å². The summed E-state index contributed by atoms with van der Waals surface area (Å²) in [6, 6.07) is 0. The van der Waals surface area contributed by atoms with E-state index in [0.717, 1.165) is 44.4 Å². The average molecular weight is 286 g/mol. The maximum Gasteiger partial charge on any atom is 0.143 e. The number of nitrogens with zero attached hydrogens (tertiary/aromatic N) is 2. The minimum absolute atomic E-state index is 0.305. The van der Waals surface area contributed by atoms with Gasteiger partial charge < -0.3 is 9.64 Å². The number of piperidine rings is 2. The van der Waals surface area contributed by atoms with Crippen molar-refractivity contribution in [3.8, 4) is 0 Å². The highest BCUT2D eigenvalue weighted by Crippen LogP contribution is 2.21. The van der Waals surface area contributed by atoms with Crippen molar-refractivity contribution in [3.05, 3.63) is 0 Å². The summed E-state index contributed by atoms with van der Waals surface area (Å²) >= 11 is 0. The molecule has 20 heavy (non-hydrogen) atoms. The Labute approximate surface area is 123 Å². The summed E-state index contributed by atoms with van der Waals surface area (Å²) in [5, 5.41) is 0. The third-order valence-corrected chi connectivity index (χ3v) is 4.60. The molecule has 4 heteroatoms. The highest BCUT2D eigenvalue weighted by Gasteiger charge is 2.23. The molecular formula is C16H31FN2O. The maximum atomic E-state index is 12.5.